The summed E-state index contributed by atoms with van der Waals surface area (Å²) in [6, 6.07) is 3.94. The Bertz CT molecular complexity index is 721. The normalized spacial score (nSPS) is 14.8. The number of amides is 1. The van der Waals surface area contributed by atoms with Gasteiger partial charge in [0.05, 0.1) is 11.8 Å². The highest BCUT2D eigenvalue weighted by atomic mass is 32.1. The van der Waals surface area contributed by atoms with Crippen molar-refractivity contribution in [1.82, 2.24) is 4.98 Å². The van der Waals surface area contributed by atoms with Crippen LogP contribution in [0.5, 0.6) is 5.75 Å². The summed E-state index contributed by atoms with van der Waals surface area (Å²) in [6.07, 6.45) is 5.75. The van der Waals surface area contributed by atoms with Crippen LogP contribution < -0.4 is 10.1 Å². The Morgan fingerprint density at radius 3 is 2.95 bits per heavy atom. The standard InChI is InChI=1S/C15H16N2O3S/c1-20-11-8-7-10(9-5-3-2-4-6-9)13-12(11)16-14(21-13)17-15(18)19/h5,7-8H,2-4,6H2,1H3,(H,16,17)(H,18,19). The molecule has 0 radical (unpaired) electrons. The molecule has 0 saturated heterocycles. The first kappa shape index (κ1) is 13.9. The molecule has 1 heterocycles. The van der Waals surface area contributed by atoms with Crippen LogP contribution in [0.25, 0.3) is 15.8 Å². The number of methoxy groups -OCH3 is 1. The van der Waals surface area contributed by atoms with Crippen LogP contribution in [-0.4, -0.2) is 23.3 Å². The quantitative estimate of drug-likeness (QED) is 0.884. The van der Waals surface area contributed by atoms with E-state index in [9.17, 15) is 4.79 Å². The van der Waals surface area contributed by atoms with E-state index in [-0.39, 0.29) is 0 Å². The first-order valence-electron chi connectivity index (χ1n) is 6.86. The summed E-state index contributed by atoms with van der Waals surface area (Å²) in [5.41, 5.74) is 3.18. The number of benzene rings is 1. The van der Waals surface area contributed by atoms with Gasteiger partial charge in [0.25, 0.3) is 0 Å². The second kappa shape index (κ2) is 5.73. The number of carbonyl (C=O) groups is 1. The van der Waals surface area contributed by atoms with Gasteiger partial charge >= 0.3 is 6.09 Å². The average molecular weight is 304 g/mol. The minimum absolute atomic E-state index is 0.375. The summed E-state index contributed by atoms with van der Waals surface area (Å²) in [5, 5.41) is 11.5. The second-order valence-corrected chi connectivity index (χ2v) is 5.92. The van der Waals surface area contributed by atoms with Crippen molar-refractivity contribution in [2.45, 2.75) is 25.7 Å². The molecule has 0 spiro atoms. The summed E-state index contributed by atoms with van der Waals surface area (Å²) >= 11 is 1.35. The predicted octanol–water partition coefficient (Wildman–Crippen LogP) is 4.35. The van der Waals surface area contributed by atoms with E-state index >= 15 is 0 Å². The van der Waals surface area contributed by atoms with Crippen molar-refractivity contribution in [3.8, 4) is 5.75 Å². The van der Waals surface area contributed by atoms with E-state index in [1.54, 1.807) is 7.11 Å². The van der Waals surface area contributed by atoms with Crippen molar-refractivity contribution < 1.29 is 14.6 Å². The lowest BCUT2D eigenvalue weighted by atomic mass is 9.93. The van der Waals surface area contributed by atoms with Gasteiger partial charge in [0.1, 0.15) is 11.3 Å². The van der Waals surface area contributed by atoms with Gasteiger partial charge in [-0.3, -0.25) is 5.32 Å². The zero-order valence-corrected chi connectivity index (χ0v) is 12.5. The fourth-order valence-electron chi connectivity index (χ4n) is 2.63. The predicted molar refractivity (Wildman–Crippen MR) is 84.3 cm³/mol. The van der Waals surface area contributed by atoms with Crippen molar-refractivity contribution in [3.05, 3.63) is 23.8 Å². The maximum Gasteiger partial charge on any atom is 0.410 e. The molecule has 0 bridgehead atoms. The number of aromatic nitrogens is 1. The van der Waals surface area contributed by atoms with Gasteiger partial charge in [0.15, 0.2) is 5.13 Å². The lowest BCUT2D eigenvalue weighted by molar-refractivity contribution is 0.209. The molecule has 2 aromatic rings. The van der Waals surface area contributed by atoms with Gasteiger partial charge in [0, 0.05) is 0 Å². The van der Waals surface area contributed by atoms with Gasteiger partial charge in [-0.1, -0.05) is 17.4 Å². The van der Waals surface area contributed by atoms with Crippen LogP contribution in [-0.2, 0) is 0 Å². The van der Waals surface area contributed by atoms with Crippen LogP contribution in [0.1, 0.15) is 31.2 Å². The summed E-state index contributed by atoms with van der Waals surface area (Å²) < 4.78 is 6.32. The Morgan fingerprint density at radius 2 is 2.29 bits per heavy atom. The number of anilines is 1. The molecule has 1 aromatic carbocycles. The molecule has 110 valence electrons. The Morgan fingerprint density at radius 1 is 1.43 bits per heavy atom. The Kier molecular flexibility index (Phi) is 3.79. The number of fused-ring (bicyclic) bond motifs is 1. The highest BCUT2D eigenvalue weighted by Gasteiger charge is 2.17. The lowest BCUT2D eigenvalue weighted by Gasteiger charge is -2.14. The zero-order chi connectivity index (χ0) is 14.8. The van der Waals surface area contributed by atoms with Crippen molar-refractivity contribution in [2.24, 2.45) is 0 Å². The van der Waals surface area contributed by atoms with Crippen molar-refractivity contribution in [1.29, 1.82) is 0 Å². The number of ether oxygens (including phenoxy) is 1. The maximum absolute atomic E-state index is 10.8. The molecular formula is C15H16N2O3S. The summed E-state index contributed by atoms with van der Waals surface area (Å²) in [7, 11) is 1.60. The fraction of sp³-hybridized carbons (Fsp3) is 0.333. The van der Waals surface area contributed by atoms with Gasteiger partial charge in [-0.05, 0) is 49.0 Å². The van der Waals surface area contributed by atoms with Crippen LogP contribution >= 0.6 is 11.3 Å². The monoisotopic (exact) mass is 304 g/mol. The molecule has 1 aromatic heterocycles. The summed E-state index contributed by atoms with van der Waals surface area (Å²) in [6.45, 7) is 0. The number of hydrogen-bond donors (Lipinski definition) is 2. The Balaban J connectivity index is 2.14. The SMILES string of the molecule is COc1ccc(C2=CCCCC2)c2sc(NC(=O)O)nc12. The topological polar surface area (TPSA) is 71.5 Å². The molecule has 1 amide bonds. The average Bonchev–Trinajstić information content (AvgIpc) is 2.89. The maximum atomic E-state index is 10.8. The first-order valence-corrected chi connectivity index (χ1v) is 7.67. The molecule has 6 heteroatoms. The van der Waals surface area contributed by atoms with Gasteiger partial charge < -0.3 is 9.84 Å². The van der Waals surface area contributed by atoms with Gasteiger partial charge in [-0.2, -0.15) is 0 Å². The minimum atomic E-state index is -1.11. The first-order chi connectivity index (χ1) is 10.2. The molecule has 1 aliphatic carbocycles. The fourth-order valence-corrected chi connectivity index (χ4v) is 3.65. The Hall–Kier alpha value is -2.08. The number of allylic oxidation sites excluding steroid dienone is 2. The van der Waals surface area contributed by atoms with E-state index in [1.807, 2.05) is 12.1 Å². The third-order valence-electron chi connectivity index (χ3n) is 3.58. The van der Waals surface area contributed by atoms with E-state index in [4.69, 9.17) is 9.84 Å². The van der Waals surface area contributed by atoms with Gasteiger partial charge in [-0.15, -0.1) is 0 Å². The molecule has 0 unspecified atom stereocenters. The van der Waals surface area contributed by atoms with Crippen LogP contribution in [0.4, 0.5) is 9.93 Å². The van der Waals surface area contributed by atoms with Crippen molar-refractivity contribution in [2.75, 3.05) is 12.4 Å². The number of thiazole rings is 1. The molecule has 0 atom stereocenters. The largest absolute Gasteiger partial charge is 0.494 e. The van der Waals surface area contributed by atoms with E-state index in [2.05, 4.69) is 16.4 Å². The number of carboxylic acid groups (broad SMARTS) is 1. The number of hydrogen-bond acceptors (Lipinski definition) is 4. The van der Waals surface area contributed by atoms with Crippen LogP contribution in [0.2, 0.25) is 0 Å². The third-order valence-corrected chi connectivity index (χ3v) is 4.58. The smallest absolute Gasteiger partial charge is 0.410 e. The minimum Gasteiger partial charge on any atom is -0.494 e. The van der Waals surface area contributed by atoms with E-state index < -0.39 is 6.09 Å². The molecule has 5 nitrogen and oxygen atoms in total. The highest BCUT2D eigenvalue weighted by molar-refractivity contribution is 7.22. The molecular weight excluding hydrogens is 288 g/mol. The van der Waals surface area contributed by atoms with Crippen molar-refractivity contribution >= 4 is 38.4 Å². The number of nitrogens with zero attached hydrogens (tertiary/aromatic N) is 1. The molecule has 21 heavy (non-hydrogen) atoms. The van der Waals surface area contributed by atoms with Crippen LogP contribution in [0, 0.1) is 0 Å². The van der Waals surface area contributed by atoms with E-state index in [0.717, 1.165) is 28.6 Å². The van der Waals surface area contributed by atoms with E-state index in [1.165, 1.54) is 29.8 Å². The molecule has 0 saturated carbocycles. The number of nitrogens with one attached hydrogen (secondary N) is 1. The summed E-state index contributed by atoms with van der Waals surface area (Å²) in [4.78, 5) is 15.2. The van der Waals surface area contributed by atoms with E-state index in [0.29, 0.717) is 10.9 Å². The molecule has 0 aliphatic heterocycles. The summed E-state index contributed by atoms with van der Waals surface area (Å²) in [5.74, 6) is 0.667. The Labute approximate surface area is 126 Å². The lowest BCUT2D eigenvalue weighted by Crippen LogP contribution is -2.06. The molecule has 1 aliphatic rings. The third kappa shape index (κ3) is 2.71. The van der Waals surface area contributed by atoms with Gasteiger partial charge in [-0.25, -0.2) is 9.78 Å². The number of rotatable bonds is 3. The highest BCUT2D eigenvalue weighted by Crippen LogP contribution is 2.40. The molecule has 3 rings (SSSR count). The van der Waals surface area contributed by atoms with Crippen molar-refractivity contribution in [3.63, 3.8) is 0 Å². The molecule has 0 fully saturated rings. The van der Waals surface area contributed by atoms with Crippen LogP contribution in [0.15, 0.2) is 18.2 Å². The van der Waals surface area contributed by atoms with Crippen LogP contribution in [0.3, 0.4) is 0 Å². The zero-order valence-electron chi connectivity index (χ0n) is 11.7. The van der Waals surface area contributed by atoms with Gasteiger partial charge in [0.2, 0.25) is 0 Å². The molecule has 2 N–H and O–H groups in total. The second-order valence-electron chi connectivity index (χ2n) is 4.92.